The zero-order valence-electron chi connectivity index (χ0n) is 39.9. The summed E-state index contributed by atoms with van der Waals surface area (Å²) in [6.07, 6.45) is 54.7. The summed E-state index contributed by atoms with van der Waals surface area (Å²) in [6, 6.07) is -0.848. The van der Waals surface area contributed by atoms with E-state index in [0.717, 1.165) is 51.4 Å². The Hall–Kier alpha value is -1.54. The van der Waals surface area contributed by atoms with Crippen molar-refractivity contribution < 1.29 is 32.9 Å². The molecule has 60 heavy (non-hydrogen) atoms. The molecule has 0 spiro atoms. The van der Waals surface area contributed by atoms with Gasteiger partial charge in [0, 0.05) is 6.42 Å². The van der Waals surface area contributed by atoms with Crippen LogP contribution in [0.15, 0.2) is 48.6 Å². The summed E-state index contributed by atoms with van der Waals surface area (Å²) in [5.41, 5.74) is 0. The predicted molar refractivity (Wildman–Crippen MR) is 258 cm³/mol. The van der Waals surface area contributed by atoms with E-state index >= 15 is 0 Å². The molecule has 8 nitrogen and oxygen atoms in total. The van der Waals surface area contributed by atoms with Crippen LogP contribution in [0.25, 0.3) is 0 Å². The lowest BCUT2D eigenvalue weighted by Gasteiger charge is -2.25. The Bertz CT molecular complexity index is 1120. The summed E-state index contributed by atoms with van der Waals surface area (Å²) in [5, 5.41) is 13.8. The second-order valence-electron chi connectivity index (χ2n) is 18.2. The molecule has 0 aromatic heterocycles. The van der Waals surface area contributed by atoms with Crippen LogP contribution in [0, 0.1) is 0 Å². The van der Waals surface area contributed by atoms with Gasteiger partial charge >= 0.3 is 7.82 Å². The maximum absolute atomic E-state index is 12.9. The Balaban J connectivity index is 4.26. The number of carbonyl (C=O) groups is 1. The van der Waals surface area contributed by atoms with Gasteiger partial charge in [-0.15, -0.1) is 0 Å². The van der Waals surface area contributed by atoms with E-state index in [1.165, 1.54) is 148 Å². The van der Waals surface area contributed by atoms with E-state index < -0.39 is 20.0 Å². The average Bonchev–Trinajstić information content (AvgIpc) is 3.20. The van der Waals surface area contributed by atoms with Gasteiger partial charge in [0.25, 0.3) is 0 Å². The molecule has 3 atom stereocenters. The van der Waals surface area contributed by atoms with Crippen LogP contribution >= 0.6 is 7.82 Å². The Kier molecular flexibility index (Phi) is 41.6. The molecule has 0 rings (SSSR count). The Morgan fingerprint density at radius 2 is 0.950 bits per heavy atom. The first-order valence-electron chi connectivity index (χ1n) is 25.0. The smallest absolute Gasteiger partial charge is 0.387 e. The van der Waals surface area contributed by atoms with Gasteiger partial charge in [-0.2, -0.15) is 0 Å². The highest BCUT2D eigenvalue weighted by atomic mass is 31.2. The molecule has 0 saturated carbocycles. The van der Waals surface area contributed by atoms with Crippen molar-refractivity contribution in [2.24, 2.45) is 0 Å². The van der Waals surface area contributed by atoms with Gasteiger partial charge in [-0.25, -0.2) is 4.57 Å². The SMILES string of the molecule is CCCCCCC/C=C\C/C=C\C/C=C\CCCCCCCCCCCCC(=O)NC(COP(=O)(O)OCC[N+](C)(C)C)C(O)/C=C/CCCCCCCCCCCCC. The first kappa shape index (κ1) is 58.5. The molecule has 3 N–H and O–H groups in total. The van der Waals surface area contributed by atoms with Crippen molar-refractivity contribution in [1.82, 2.24) is 5.32 Å². The first-order chi connectivity index (χ1) is 29.0. The van der Waals surface area contributed by atoms with E-state index in [0.29, 0.717) is 17.4 Å². The molecular weight excluding hydrogens is 768 g/mol. The Labute approximate surface area is 371 Å². The van der Waals surface area contributed by atoms with Gasteiger partial charge < -0.3 is 19.8 Å². The summed E-state index contributed by atoms with van der Waals surface area (Å²) < 4.78 is 23.6. The van der Waals surface area contributed by atoms with Gasteiger partial charge in [-0.05, 0) is 57.8 Å². The fourth-order valence-corrected chi connectivity index (χ4v) is 7.78. The number of rotatable bonds is 45. The number of quaternary nitrogens is 1. The lowest BCUT2D eigenvalue weighted by Crippen LogP contribution is -2.45. The predicted octanol–water partition coefficient (Wildman–Crippen LogP) is 14.4. The van der Waals surface area contributed by atoms with Crippen LogP contribution in [0.4, 0.5) is 0 Å². The second kappa shape index (κ2) is 42.7. The van der Waals surface area contributed by atoms with E-state index in [2.05, 4.69) is 55.6 Å². The minimum atomic E-state index is -4.34. The fraction of sp³-hybridized carbons (Fsp3) is 0.824. The van der Waals surface area contributed by atoms with Crippen LogP contribution in [0.3, 0.4) is 0 Å². The van der Waals surface area contributed by atoms with Crippen LogP contribution in [-0.2, 0) is 18.4 Å². The summed E-state index contributed by atoms with van der Waals surface area (Å²) in [7, 11) is 1.57. The largest absolute Gasteiger partial charge is 0.472 e. The summed E-state index contributed by atoms with van der Waals surface area (Å²) in [5.74, 6) is -0.182. The van der Waals surface area contributed by atoms with Crippen LogP contribution in [-0.4, -0.2) is 73.4 Å². The highest BCUT2D eigenvalue weighted by Gasteiger charge is 2.27. The number of allylic oxidation sites excluding steroid dienone is 7. The van der Waals surface area contributed by atoms with Gasteiger partial charge in [0.15, 0.2) is 0 Å². The molecular formula is C51H98N2O6P+. The monoisotopic (exact) mass is 866 g/mol. The number of aliphatic hydroxyl groups excluding tert-OH is 1. The quantitative estimate of drug-likeness (QED) is 0.0244. The van der Waals surface area contributed by atoms with Gasteiger partial charge in [-0.1, -0.05) is 204 Å². The molecule has 1 amide bonds. The molecule has 3 unspecified atom stereocenters. The number of aliphatic hydroxyl groups is 1. The first-order valence-corrected chi connectivity index (χ1v) is 26.5. The number of phosphoric acid groups is 1. The van der Waals surface area contributed by atoms with E-state index in [1.807, 2.05) is 27.2 Å². The summed E-state index contributed by atoms with van der Waals surface area (Å²) in [4.78, 5) is 23.2. The van der Waals surface area contributed by atoms with E-state index in [1.54, 1.807) is 6.08 Å². The van der Waals surface area contributed by atoms with Crippen molar-refractivity contribution in [1.29, 1.82) is 0 Å². The third-order valence-electron chi connectivity index (χ3n) is 11.0. The van der Waals surface area contributed by atoms with Crippen LogP contribution in [0.5, 0.6) is 0 Å². The van der Waals surface area contributed by atoms with Crippen LogP contribution in [0.2, 0.25) is 0 Å². The summed E-state index contributed by atoms with van der Waals surface area (Å²) >= 11 is 0. The van der Waals surface area contributed by atoms with Gasteiger partial charge in [0.05, 0.1) is 39.9 Å². The highest BCUT2D eigenvalue weighted by molar-refractivity contribution is 7.47. The maximum Gasteiger partial charge on any atom is 0.472 e. The minimum absolute atomic E-state index is 0.0596. The van der Waals surface area contributed by atoms with Crippen LogP contribution in [0.1, 0.15) is 219 Å². The average molecular weight is 866 g/mol. The third kappa shape index (κ3) is 44.5. The number of amides is 1. The maximum atomic E-state index is 12.9. The Morgan fingerprint density at radius 3 is 1.38 bits per heavy atom. The molecule has 0 fully saturated rings. The molecule has 0 bridgehead atoms. The molecule has 0 aromatic rings. The molecule has 0 radical (unpaired) electrons. The van der Waals surface area contributed by atoms with Crippen molar-refractivity contribution >= 4 is 13.7 Å². The Morgan fingerprint density at radius 1 is 0.567 bits per heavy atom. The number of nitrogens with zero attached hydrogens (tertiary/aromatic N) is 1. The van der Waals surface area contributed by atoms with E-state index in [9.17, 15) is 19.4 Å². The third-order valence-corrected chi connectivity index (χ3v) is 12.0. The van der Waals surface area contributed by atoms with Gasteiger partial charge in [0.2, 0.25) is 5.91 Å². The zero-order valence-corrected chi connectivity index (χ0v) is 40.8. The normalized spacial score (nSPS) is 14.6. The summed E-state index contributed by atoms with van der Waals surface area (Å²) in [6.45, 7) is 4.80. The number of hydrogen-bond donors (Lipinski definition) is 3. The molecule has 0 aliphatic rings. The number of nitrogens with one attached hydrogen (secondary N) is 1. The standard InChI is InChI=1S/C51H97N2O6P/c1-6-8-10-12-14-16-18-20-21-22-23-24-25-26-27-28-29-30-31-33-35-37-39-41-43-45-51(55)52-49(48-59-60(56,57)58-47-46-53(3,4)5)50(54)44-42-40-38-36-34-32-19-17-15-13-11-9-7-2/h18,20,22-23,25-26,42,44,49-50,54H,6-17,19,21,24,27-41,43,45-48H2,1-5H3,(H-,52,55,56,57)/p+1/b20-18-,23-22-,26-25-,44-42+. The second-order valence-corrected chi connectivity index (χ2v) is 19.6. The lowest BCUT2D eigenvalue weighted by atomic mass is 10.0. The van der Waals surface area contributed by atoms with Crippen LogP contribution < -0.4 is 5.32 Å². The zero-order chi connectivity index (χ0) is 44.3. The molecule has 0 saturated heterocycles. The van der Waals surface area contributed by atoms with Gasteiger partial charge in [0.1, 0.15) is 13.2 Å². The van der Waals surface area contributed by atoms with Crippen molar-refractivity contribution in [3.8, 4) is 0 Å². The number of likely N-dealkylation sites (N-methyl/N-ethyl adjacent to an activating group) is 1. The number of unbranched alkanes of at least 4 members (excludes halogenated alkanes) is 26. The van der Waals surface area contributed by atoms with Crippen molar-refractivity contribution in [2.75, 3.05) is 40.9 Å². The van der Waals surface area contributed by atoms with Crippen molar-refractivity contribution in [3.05, 3.63) is 48.6 Å². The van der Waals surface area contributed by atoms with E-state index in [4.69, 9.17) is 9.05 Å². The molecule has 0 aliphatic carbocycles. The number of phosphoric ester groups is 1. The number of carbonyl (C=O) groups excluding carboxylic acids is 1. The molecule has 0 aliphatic heterocycles. The van der Waals surface area contributed by atoms with E-state index in [-0.39, 0.29) is 19.1 Å². The molecule has 0 aromatic carbocycles. The lowest BCUT2D eigenvalue weighted by molar-refractivity contribution is -0.870. The molecule has 352 valence electrons. The topological polar surface area (TPSA) is 105 Å². The molecule has 9 heteroatoms. The fourth-order valence-electron chi connectivity index (χ4n) is 7.05. The van der Waals surface area contributed by atoms with Gasteiger partial charge in [-0.3, -0.25) is 13.8 Å². The molecule has 0 heterocycles. The minimum Gasteiger partial charge on any atom is -0.387 e. The van der Waals surface area contributed by atoms with Crippen molar-refractivity contribution in [2.45, 2.75) is 231 Å². The highest BCUT2D eigenvalue weighted by Crippen LogP contribution is 2.43. The number of hydrogen-bond acceptors (Lipinski definition) is 5. The van der Waals surface area contributed by atoms with Crippen molar-refractivity contribution in [3.63, 3.8) is 0 Å².